The fraction of sp³-hybridized carbons (Fsp3) is 0.344. The van der Waals surface area contributed by atoms with Crippen molar-refractivity contribution in [1.29, 1.82) is 0 Å². The van der Waals surface area contributed by atoms with Gasteiger partial charge in [0.25, 0.3) is 11.8 Å². The van der Waals surface area contributed by atoms with Crippen LogP contribution in [0.5, 0.6) is 23.0 Å². The number of rotatable bonds is 19. The molecule has 11 rings (SSSR count). The van der Waals surface area contributed by atoms with Gasteiger partial charge in [-0.2, -0.15) is 0 Å². The predicted molar refractivity (Wildman–Crippen MR) is 295 cm³/mol. The molecule has 4 heterocycles. The van der Waals surface area contributed by atoms with Gasteiger partial charge in [0.1, 0.15) is 6.61 Å². The third-order valence-electron chi connectivity index (χ3n) is 15.4. The lowest BCUT2D eigenvalue weighted by Gasteiger charge is -2.25. The number of hydrogen-bond donors (Lipinski definition) is 3. The molecule has 1 fully saturated rings. The monoisotopic (exact) mass is 1040 g/mol. The Morgan fingerprint density at radius 3 is 1.83 bits per heavy atom. The first-order valence-corrected chi connectivity index (χ1v) is 26.6. The van der Waals surface area contributed by atoms with Crippen molar-refractivity contribution in [3.63, 3.8) is 0 Å². The first-order chi connectivity index (χ1) is 37.4. The van der Waals surface area contributed by atoms with E-state index in [4.69, 9.17) is 33.7 Å². The summed E-state index contributed by atoms with van der Waals surface area (Å²) in [4.78, 5) is 67.2. The third-order valence-corrected chi connectivity index (χ3v) is 15.4. The number of carbonyl (C=O) groups excluding carboxylic acids is 4. The van der Waals surface area contributed by atoms with Gasteiger partial charge in [-0.3, -0.25) is 24.4 Å². The molecular formula is C61H63N7O9. The molecule has 1 saturated carbocycles. The number of nitrogens with zero attached hydrogens (tertiary/aromatic N) is 4. The highest BCUT2D eigenvalue weighted by atomic mass is 16.5. The normalized spacial score (nSPS) is 18.6. The average molecular weight is 1040 g/mol. The highest BCUT2D eigenvalue weighted by Gasteiger charge is 2.39. The van der Waals surface area contributed by atoms with Crippen LogP contribution < -0.4 is 34.9 Å². The van der Waals surface area contributed by atoms with E-state index in [9.17, 15) is 19.2 Å². The van der Waals surface area contributed by atoms with Gasteiger partial charge in [0.2, 0.25) is 5.91 Å². The molecule has 16 nitrogen and oxygen atoms in total. The Labute approximate surface area is 448 Å². The van der Waals surface area contributed by atoms with Gasteiger partial charge in [0, 0.05) is 74.0 Å². The minimum atomic E-state index is -0.559. The molecular weight excluding hydrogens is 975 g/mol. The lowest BCUT2D eigenvalue weighted by molar-refractivity contribution is -0.117. The molecule has 16 heteroatoms. The molecule has 2 aliphatic carbocycles. The van der Waals surface area contributed by atoms with Gasteiger partial charge in [-0.1, -0.05) is 74.5 Å². The van der Waals surface area contributed by atoms with E-state index in [1.54, 1.807) is 54.3 Å². The molecule has 4 unspecified atom stereocenters. The number of ether oxygens (including phenoxy) is 5. The van der Waals surface area contributed by atoms with E-state index >= 15 is 0 Å². The summed E-state index contributed by atoms with van der Waals surface area (Å²) in [5.41, 5.74) is 10.3. The van der Waals surface area contributed by atoms with Gasteiger partial charge in [-0.25, -0.2) is 4.79 Å². The molecule has 5 aromatic rings. The maximum Gasteiger partial charge on any atom is 0.407 e. The number of benzene rings is 5. The Morgan fingerprint density at radius 1 is 0.688 bits per heavy atom. The van der Waals surface area contributed by atoms with E-state index < -0.39 is 12.1 Å². The maximum absolute atomic E-state index is 14.1. The first-order valence-electron chi connectivity index (χ1n) is 26.6. The summed E-state index contributed by atoms with van der Waals surface area (Å²) < 4.78 is 29.5. The highest BCUT2D eigenvalue weighted by Crippen LogP contribution is 2.46. The van der Waals surface area contributed by atoms with Crippen LogP contribution in [0.2, 0.25) is 0 Å². The summed E-state index contributed by atoms with van der Waals surface area (Å²) in [6.45, 7) is 6.98. The summed E-state index contributed by atoms with van der Waals surface area (Å²) in [5.74, 6) is 1.88. The van der Waals surface area contributed by atoms with Gasteiger partial charge in [0.05, 0.1) is 68.1 Å². The number of carbonyl (C=O) groups is 4. The molecule has 396 valence electrons. The van der Waals surface area contributed by atoms with E-state index in [0.29, 0.717) is 83.1 Å². The number of aliphatic imine (C=N–C) groups is 2. The van der Waals surface area contributed by atoms with Crippen molar-refractivity contribution >= 4 is 58.9 Å². The SMILES string of the molecule is COc1cc2c(cc1OCCCOc1cc3c(cc1OC)C(=O)N1C=C(C4CC4)CC1C=N3)N=CC1CC(c3ccc(NC(=O)C(C)NCC(NC(=O)OCC4c5ccccc5-c5ccccc54)C(C)C)cc3)=CN1C2=O. The van der Waals surface area contributed by atoms with E-state index in [2.05, 4.69) is 40.2 Å². The van der Waals surface area contributed by atoms with Crippen molar-refractivity contribution in [1.82, 2.24) is 20.4 Å². The zero-order valence-electron chi connectivity index (χ0n) is 43.9. The first kappa shape index (κ1) is 50.9. The Balaban J connectivity index is 0.649. The topological polar surface area (TPSA) is 182 Å². The number of anilines is 1. The van der Waals surface area contributed by atoms with Gasteiger partial charge < -0.3 is 49.4 Å². The molecule has 0 saturated heterocycles. The Hall–Kier alpha value is -8.24. The number of methoxy groups -OCH3 is 2. The third kappa shape index (κ3) is 10.5. The van der Waals surface area contributed by atoms with Crippen molar-refractivity contribution in [2.75, 3.05) is 45.9 Å². The zero-order valence-corrected chi connectivity index (χ0v) is 43.9. The summed E-state index contributed by atoms with van der Waals surface area (Å²) in [7, 11) is 3.08. The molecule has 0 aromatic heterocycles. The van der Waals surface area contributed by atoms with Gasteiger partial charge in [-0.05, 0) is 101 Å². The average Bonchev–Trinajstić information content (AvgIpc) is 4.06. The number of hydrogen-bond acceptors (Lipinski definition) is 12. The van der Waals surface area contributed by atoms with Crippen LogP contribution in [-0.4, -0.2) is 111 Å². The van der Waals surface area contributed by atoms with Crippen LogP contribution in [0.15, 0.2) is 125 Å². The van der Waals surface area contributed by atoms with Crippen LogP contribution >= 0.6 is 0 Å². The number of nitrogens with one attached hydrogen (secondary N) is 3. The molecule has 77 heavy (non-hydrogen) atoms. The van der Waals surface area contributed by atoms with Crippen molar-refractivity contribution in [3.8, 4) is 34.1 Å². The van der Waals surface area contributed by atoms with Crippen LogP contribution in [0.4, 0.5) is 21.9 Å². The van der Waals surface area contributed by atoms with Crippen molar-refractivity contribution in [3.05, 3.63) is 143 Å². The predicted octanol–water partition coefficient (Wildman–Crippen LogP) is 10.2. The van der Waals surface area contributed by atoms with E-state index in [1.165, 1.54) is 36.7 Å². The van der Waals surface area contributed by atoms with E-state index in [1.807, 2.05) is 81.0 Å². The molecule has 0 radical (unpaired) electrons. The number of amides is 4. The smallest absolute Gasteiger partial charge is 0.407 e. The van der Waals surface area contributed by atoms with Crippen molar-refractivity contribution in [2.24, 2.45) is 21.8 Å². The van der Waals surface area contributed by atoms with Crippen LogP contribution in [0, 0.1) is 11.8 Å². The Morgan fingerprint density at radius 2 is 1.26 bits per heavy atom. The highest BCUT2D eigenvalue weighted by molar-refractivity contribution is 6.06. The minimum absolute atomic E-state index is 0.0402. The van der Waals surface area contributed by atoms with Crippen LogP contribution in [0.3, 0.4) is 0 Å². The lowest BCUT2D eigenvalue weighted by atomic mass is 9.98. The molecule has 0 bridgehead atoms. The summed E-state index contributed by atoms with van der Waals surface area (Å²) >= 11 is 0. The van der Waals surface area contributed by atoms with E-state index in [-0.39, 0.29) is 60.9 Å². The fourth-order valence-corrected chi connectivity index (χ4v) is 10.8. The lowest BCUT2D eigenvalue weighted by Crippen LogP contribution is -2.49. The van der Waals surface area contributed by atoms with Gasteiger partial charge in [0.15, 0.2) is 23.0 Å². The Bertz CT molecular complexity index is 3210. The standard InChI is InChI=1S/C61H63N7O9/c1-35(2)53(66-61(72)77-34-50-46-13-8-6-11-44(46)45-12-7-9-14-47(45)50)31-62-36(3)58(69)65-41-19-17-38(18-20-41)40-24-43-30-64-52-28-57(55(74-5)26-49(52)60(71)68(43)33-40)76-22-10-21-75-56-27-51-48(25-54(56)73-4)59(70)67-32-39(37-15-16-37)23-42(67)29-63-51/h6-9,11-14,17-20,25-30,32-33,35-37,42-43,50,53,62H,10,15-16,21-24,31,34H2,1-5H3,(H,65,69)(H,66,72). The van der Waals surface area contributed by atoms with Crippen LogP contribution in [0.1, 0.15) is 96.2 Å². The van der Waals surface area contributed by atoms with Crippen LogP contribution in [-0.2, 0) is 9.53 Å². The second-order valence-electron chi connectivity index (χ2n) is 20.8. The molecule has 4 aliphatic heterocycles. The number of alkyl carbamates (subject to hydrolysis) is 1. The largest absolute Gasteiger partial charge is 0.493 e. The van der Waals surface area contributed by atoms with Gasteiger partial charge >= 0.3 is 6.09 Å². The molecule has 6 aliphatic rings. The molecule has 0 spiro atoms. The summed E-state index contributed by atoms with van der Waals surface area (Å²) in [6.07, 6.45) is 11.3. The minimum Gasteiger partial charge on any atom is -0.493 e. The molecule has 4 atom stereocenters. The Kier molecular flexibility index (Phi) is 14.4. The zero-order chi connectivity index (χ0) is 53.3. The molecule has 3 N–H and O–H groups in total. The summed E-state index contributed by atoms with van der Waals surface area (Å²) in [6, 6.07) is 29.6. The van der Waals surface area contributed by atoms with Gasteiger partial charge in [-0.15, -0.1) is 0 Å². The number of fused-ring (bicyclic) bond motifs is 7. The van der Waals surface area contributed by atoms with Crippen molar-refractivity contribution in [2.45, 2.75) is 83.0 Å². The van der Waals surface area contributed by atoms with Crippen molar-refractivity contribution < 1.29 is 42.9 Å². The second-order valence-corrected chi connectivity index (χ2v) is 20.8. The van der Waals surface area contributed by atoms with Crippen LogP contribution in [0.25, 0.3) is 16.7 Å². The maximum atomic E-state index is 14.1. The van der Waals surface area contributed by atoms with E-state index in [0.717, 1.165) is 28.7 Å². The second kappa shape index (κ2) is 21.8. The molecule has 4 amide bonds. The quantitative estimate of drug-likeness (QED) is 0.0674. The summed E-state index contributed by atoms with van der Waals surface area (Å²) in [5, 5.41) is 9.30. The molecule has 5 aromatic carbocycles. The fourth-order valence-electron chi connectivity index (χ4n) is 10.8.